The molecule has 0 heterocycles. The second kappa shape index (κ2) is 8.27. The maximum atomic E-state index is 14.0. The maximum absolute atomic E-state index is 14.0. The van der Waals surface area contributed by atoms with E-state index in [1.54, 1.807) is 29.2 Å². The highest BCUT2D eigenvalue weighted by molar-refractivity contribution is 5.94. The van der Waals surface area contributed by atoms with Crippen LogP contribution in [0.25, 0.3) is 0 Å². The first-order valence-electron chi connectivity index (χ1n) is 7.82. The summed E-state index contributed by atoms with van der Waals surface area (Å²) in [5.74, 6) is -1.41. The largest absolute Gasteiger partial charge is 0.508 e. The lowest BCUT2D eigenvalue weighted by atomic mass is 10.1. The molecule has 1 N–H and O–H groups in total. The molecule has 0 saturated carbocycles. The van der Waals surface area contributed by atoms with Gasteiger partial charge in [0, 0.05) is 25.7 Å². The molecule has 0 fully saturated rings. The molecule has 1 amide bonds. The number of aromatic hydroxyl groups is 1. The van der Waals surface area contributed by atoms with Crippen molar-refractivity contribution in [2.45, 2.75) is 6.54 Å². The van der Waals surface area contributed by atoms with Gasteiger partial charge in [-0.1, -0.05) is 12.1 Å². The third kappa shape index (κ3) is 5.03. The van der Waals surface area contributed by atoms with Gasteiger partial charge in [-0.05, 0) is 43.9 Å². The summed E-state index contributed by atoms with van der Waals surface area (Å²) in [6, 6.07) is 12.5. The fourth-order valence-electron chi connectivity index (χ4n) is 2.33. The summed E-state index contributed by atoms with van der Waals surface area (Å²) < 4.78 is 14.0. The fourth-order valence-corrected chi connectivity index (χ4v) is 2.33. The van der Waals surface area contributed by atoms with E-state index in [0.29, 0.717) is 25.2 Å². The molecule has 0 aliphatic rings. The Hall–Kier alpha value is -2.91. The minimum atomic E-state index is -0.750. The molecule has 2 aromatic rings. The van der Waals surface area contributed by atoms with Gasteiger partial charge in [-0.15, -0.1) is 0 Å². The van der Waals surface area contributed by atoms with Crippen LogP contribution in [0.2, 0.25) is 0 Å². The number of halogens is 1. The van der Waals surface area contributed by atoms with Gasteiger partial charge in [0.2, 0.25) is 0 Å². The number of benzene rings is 2. The van der Waals surface area contributed by atoms with Gasteiger partial charge in [0.05, 0.1) is 17.2 Å². The lowest BCUT2D eigenvalue weighted by Crippen LogP contribution is -2.36. The molecule has 130 valence electrons. The lowest BCUT2D eigenvalue weighted by Gasteiger charge is -2.25. The summed E-state index contributed by atoms with van der Waals surface area (Å²) in [5.41, 5.74) is 1.31. The Morgan fingerprint density at radius 2 is 1.84 bits per heavy atom. The van der Waals surface area contributed by atoms with E-state index >= 15 is 0 Å². The normalized spacial score (nSPS) is 10.5. The Kier molecular flexibility index (Phi) is 6.09. The molecule has 0 aromatic heterocycles. The standard InChI is InChI=1S/C19H20FN3O2/c1-22(2)9-10-23(13-15-5-3-14(12-21)4-6-15)19(25)17-8-7-16(24)11-18(17)20/h3-8,11,24H,9-10,13H2,1-2H3. The smallest absolute Gasteiger partial charge is 0.257 e. The van der Waals surface area contributed by atoms with Gasteiger partial charge in [-0.3, -0.25) is 4.79 Å². The van der Waals surface area contributed by atoms with Crippen molar-refractivity contribution >= 4 is 5.91 Å². The number of phenolic OH excluding ortho intramolecular Hbond substituents is 1. The molecule has 0 unspecified atom stereocenters. The van der Waals surface area contributed by atoms with E-state index in [0.717, 1.165) is 11.6 Å². The van der Waals surface area contributed by atoms with E-state index in [-0.39, 0.29) is 11.3 Å². The summed E-state index contributed by atoms with van der Waals surface area (Å²) in [5, 5.41) is 18.2. The predicted molar refractivity (Wildman–Crippen MR) is 92.5 cm³/mol. The molecule has 0 radical (unpaired) electrons. The van der Waals surface area contributed by atoms with Crippen LogP contribution in [0.1, 0.15) is 21.5 Å². The number of rotatable bonds is 6. The van der Waals surface area contributed by atoms with Gasteiger partial charge in [-0.25, -0.2) is 4.39 Å². The number of hydrogen-bond donors (Lipinski definition) is 1. The molecule has 0 atom stereocenters. The van der Waals surface area contributed by atoms with Gasteiger partial charge < -0.3 is 14.9 Å². The van der Waals surface area contributed by atoms with E-state index in [1.165, 1.54) is 12.1 Å². The minimum absolute atomic E-state index is 0.0785. The van der Waals surface area contributed by atoms with Gasteiger partial charge in [-0.2, -0.15) is 5.26 Å². The highest BCUT2D eigenvalue weighted by Gasteiger charge is 2.20. The molecule has 0 bridgehead atoms. The number of likely N-dealkylation sites (N-methyl/N-ethyl adjacent to an activating group) is 1. The van der Waals surface area contributed by atoms with Crippen LogP contribution in [-0.2, 0) is 6.54 Å². The van der Waals surface area contributed by atoms with Gasteiger partial charge in [0.1, 0.15) is 11.6 Å². The highest BCUT2D eigenvalue weighted by Crippen LogP contribution is 2.18. The summed E-state index contributed by atoms with van der Waals surface area (Å²) in [6.45, 7) is 1.35. The van der Waals surface area contributed by atoms with E-state index in [2.05, 4.69) is 0 Å². The van der Waals surface area contributed by atoms with Crippen LogP contribution in [0, 0.1) is 17.1 Å². The number of carbonyl (C=O) groups excluding carboxylic acids is 1. The van der Waals surface area contributed by atoms with Crippen LogP contribution in [0.5, 0.6) is 5.75 Å². The number of amides is 1. The molecule has 2 aromatic carbocycles. The van der Waals surface area contributed by atoms with Crippen molar-refractivity contribution in [3.63, 3.8) is 0 Å². The quantitative estimate of drug-likeness (QED) is 0.877. The SMILES string of the molecule is CN(C)CCN(Cc1ccc(C#N)cc1)C(=O)c1ccc(O)cc1F. The minimum Gasteiger partial charge on any atom is -0.508 e. The first kappa shape index (κ1) is 18.4. The van der Waals surface area contributed by atoms with Crippen LogP contribution >= 0.6 is 0 Å². The van der Waals surface area contributed by atoms with Crippen molar-refractivity contribution in [3.8, 4) is 11.8 Å². The lowest BCUT2D eigenvalue weighted by molar-refractivity contribution is 0.0727. The zero-order valence-electron chi connectivity index (χ0n) is 14.2. The molecule has 0 aliphatic carbocycles. The molecular weight excluding hydrogens is 321 g/mol. The molecule has 0 aliphatic heterocycles. The van der Waals surface area contributed by atoms with Crippen molar-refractivity contribution < 1.29 is 14.3 Å². The molecule has 5 nitrogen and oxygen atoms in total. The first-order valence-corrected chi connectivity index (χ1v) is 7.82. The van der Waals surface area contributed by atoms with E-state index < -0.39 is 11.7 Å². The molecule has 0 saturated heterocycles. The Labute approximate surface area is 146 Å². The Morgan fingerprint density at radius 1 is 1.16 bits per heavy atom. The molecule has 25 heavy (non-hydrogen) atoms. The van der Waals surface area contributed by atoms with E-state index in [4.69, 9.17) is 5.26 Å². The zero-order chi connectivity index (χ0) is 18.4. The third-order valence-electron chi connectivity index (χ3n) is 3.74. The monoisotopic (exact) mass is 341 g/mol. The van der Waals surface area contributed by atoms with Gasteiger partial charge >= 0.3 is 0 Å². The Balaban J connectivity index is 2.24. The average Bonchev–Trinajstić information content (AvgIpc) is 2.58. The fraction of sp³-hybridized carbons (Fsp3) is 0.263. The summed E-state index contributed by atoms with van der Waals surface area (Å²) in [6.07, 6.45) is 0. The number of hydrogen-bond acceptors (Lipinski definition) is 4. The Bertz CT molecular complexity index is 782. The summed E-state index contributed by atoms with van der Waals surface area (Å²) >= 11 is 0. The molecule has 0 spiro atoms. The first-order chi connectivity index (χ1) is 11.9. The molecule has 2 rings (SSSR count). The van der Waals surface area contributed by atoms with Crippen LogP contribution in [0.3, 0.4) is 0 Å². The van der Waals surface area contributed by atoms with E-state index in [9.17, 15) is 14.3 Å². The zero-order valence-corrected chi connectivity index (χ0v) is 14.2. The summed E-state index contributed by atoms with van der Waals surface area (Å²) in [7, 11) is 3.79. The Morgan fingerprint density at radius 3 is 2.40 bits per heavy atom. The number of carbonyl (C=O) groups is 1. The van der Waals surface area contributed by atoms with Gasteiger partial charge in [0.25, 0.3) is 5.91 Å². The van der Waals surface area contributed by atoms with Crippen LogP contribution < -0.4 is 0 Å². The van der Waals surface area contributed by atoms with Gasteiger partial charge in [0.15, 0.2) is 0 Å². The second-order valence-corrected chi connectivity index (χ2v) is 6.00. The third-order valence-corrected chi connectivity index (χ3v) is 3.74. The van der Waals surface area contributed by atoms with E-state index in [1.807, 2.05) is 25.1 Å². The highest BCUT2D eigenvalue weighted by atomic mass is 19.1. The summed E-state index contributed by atoms with van der Waals surface area (Å²) in [4.78, 5) is 16.2. The van der Waals surface area contributed by atoms with Crippen molar-refractivity contribution in [1.29, 1.82) is 5.26 Å². The number of nitriles is 1. The van der Waals surface area contributed by atoms with Crippen molar-refractivity contribution in [1.82, 2.24) is 9.80 Å². The van der Waals surface area contributed by atoms with Crippen LogP contribution in [-0.4, -0.2) is 48.0 Å². The van der Waals surface area contributed by atoms with Crippen molar-refractivity contribution in [3.05, 3.63) is 65.0 Å². The van der Waals surface area contributed by atoms with Crippen LogP contribution in [0.4, 0.5) is 4.39 Å². The topological polar surface area (TPSA) is 67.6 Å². The number of nitrogens with zero attached hydrogens (tertiary/aromatic N) is 3. The molecular formula is C19H20FN3O2. The average molecular weight is 341 g/mol. The molecule has 6 heteroatoms. The van der Waals surface area contributed by atoms with Crippen LogP contribution in [0.15, 0.2) is 42.5 Å². The second-order valence-electron chi connectivity index (χ2n) is 6.00. The van der Waals surface area contributed by atoms with Crippen molar-refractivity contribution in [2.75, 3.05) is 27.2 Å². The van der Waals surface area contributed by atoms with Crippen molar-refractivity contribution in [2.24, 2.45) is 0 Å². The number of phenols is 1. The predicted octanol–water partition coefficient (Wildman–Crippen LogP) is 2.61. The maximum Gasteiger partial charge on any atom is 0.257 e.